The van der Waals surface area contributed by atoms with Crippen molar-refractivity contribution in [2.24, 2.45) is 10.7 Å². The van der Waals surface area contributed by atoms with E-state index in [4.69, 9.17) is 10.5 Å². The number of methoxy groups -OCH3 is 1. The molecule has 0 bridgehead atoms. The fraction of sp³-hybridized carbons (Fsp3) is 0.579. The maximum Gasteiger partial charge on any atom is 0.239 e. The molecule has 1 aromatic carbocycles. The van der Waals surface area contributed by atoms with Crippen molar-refractivity contribution in [1.82, 2.24) is 9.80 Å². The molecule has 7 nitrogen and oxygen atoms in total. The first-order valence-electron chi connectivity index (χ1n) is 9.12. The SMILES string of the molecule is COCc1ccccc1NC(N)=NCCCN1CCCC1C(=O)N(C)C.I. The molecule has 0 aromatic heterocycles. The number of nitrogens with zero attached hydrogens (tertiary/aromatic N) is 3. The quantitative estimate of drug-likeness (QED) is 0.253. The summed E-state index contributed by atoms with van der Waals surface area (Å²) in [7, 11) is 5.30. The fourth-order valence-electron chi connectivity index (χ4n) is 3.25. The number of nitrogens with one attached hydrogen (secondary N) is 1. The zero-order valence-corrected chi connectivity index (χ0v) is 18.8. The van der Waals surface area contributed by atoms with Crippen molar-refractivity contribution in [3.63, 3.8) is 0 Å². The third-order valence-electron chi connectivity index (χ3n) is 4.56. The van der Waals surface area contributed by atoms with Crippen LogP contribution in [-0.4, -0.2) is 68.5 Å². The Hall–Kier alpha value is -1.39. The number of likely N-dealkylation sites (tertiary alicyclic amines) is 1. The van der Waals surface area contributed by atoms with E-state index in [-0.39, 0.29) is 35.9 Å². The van der Waals surface area contributed by atoms with Crippen molar-refractivity contribution >= 4 is 41.5 Å². The van der Waals surface area contributed by atoms with Gasteiger partial charge in [-0.05, 0) is 31.9 Å². The molecule has 152 valence electrons. The third-order valence-corrected chi connectivity index (χ3v) is 4.56. The lowest BCUT2D eigenvalue weighted by Crippen LogP contribution is -2.43. The number of amides is 1. The number of aliphatic imine (C=N–C) groups is 1. The number of guanidine groups is 1. The second-order valence-electron chi connectivity index (χ2n) is 6.76. The lowest BCUT2D eigenvalue weighted by atomic mass is 10.2. The zero-order chi connectivity index (χ0) is 18.9. The van der Waals surface area contributed by atoms with Crippen LogP contribution in [0.2, 0.25) is 0 Å². The number of carbonyl (C=O) groups is 1. The Morgan fingerprint density at radius 1 is 1.41 bits per heavy atom. The molecule has 1 unspecified atom stereocenters. The molecule has 3 N–H and O–H groups in total. The van der Waals surface area contributed by atoms with Gasteiger partial charge in [-0.1, -0.05) is 18.2 Å². The number of anilines is 1. The van der Waals surface area contributed by atoms with Crippen LogP contribution < -0.4 is 11.1 Å². The zero-order valence-electron chi connectivity index (χ0n) is 16.5. The molecule has 1 aliphatic heterocycles. The normalized spacial score (nSPS) is 17.4. The molecular weight excluding hydrogens is 457 g/mol. The summed E-state index contributed by atoms with van der Waals surface area (Å²) >= 11 is 0. The van der Waals surface area contributed by atoms with Gasteiger partial charge in [0.25, 0.3) is 0 Å². The average molecular weight is 489 g/mol. The maximum absolute atomic E-state index is 12.2. The van der Waals surface area contributed by atoms with E-state index >= 15 is 0 Å². The summed E-state index contributed by atoms with van der Waals surface area (Å²) in [6.45, 7) is 2.99. The van der Waals surface area contributed by atoms with Crippen molar-refractivity contribution in [1.29, 1.82) is 0 Å². The molecule has 1 atom stereocenters. The lowest BCUT2D eigenvalue weighted by Gasteiger charge is -2.25. The van der Waals surface area contributed by atoms with Crippen molar-refractivity contribution in [3.05, 3.63) is 29.8 Å². The molecule has 27 heavy (non-hydrogen) atoms. The van der Waals surface area contributed by atoms with Gasteiger partial charge in [0, 0.05) is 45.5 Å². The number of nitrogens with two attached hydrogens (primary N) is 1. The molecule has 1 saturated heterocycles. The van der Waals surface area contributed by atoms with Crippen LogP contribution in [0.4, 0.5) is 5.69 Å². The number of ether oxygens (including phenoxy) is 1. The van der Waals surface area contributed by atoms with Crippen LogP contribution in [0.15, 0.2) is 29.3 Å². The average Bonchev–Trinajstić information content (AvgIpc) is 3.08. The highest BCUT2D eigenvalue weighted by Crippen LogP contribution is 2.19. The fourth-order valence-corrected chi connectivity index (χ4v) is 3.25. The molecule has 2 rings (SSSR count). The predicted octanol–water partition coefficient (Wildman–Crippen LogP) is 2.12. The van der Waals surface area contributed by atoms with Gasteiger partial charge in [-0.15, -0.1) is 24.0 Å². The number of halogens is 1. The highest BCUT2D eigenvalue weighted by Gasteiger charge is 2.30. The van der Waals surface area contributed by atoms with E-state index in [2.05, 4.69) is 15.2 Å². The number of benzene rings is 1. The summed E-state index contributed by atoms with van der Waals surface area (Å²) in [4.78, 5) is 20.5. The topological polar surface area (TPSA) is 83.2 Å². The second-order valence-corrected chi connectivity index (χ2v) is 6.76. The summed E-state index contributed by atoms with van der Waals surface area (Å²) in [6.07, 6.45) is 2.90. The van der Waals surface area contributed by atoms with E-state index < -0.39 is 0 Å². The Balaban J connectivity index is 0.00000364. The van der Waals surface area contributed by atoms with Crippen LogP contribution in [0.25, 0.3) is 0 Å². The molecule has 1 aromatic rings. The first kappa shape index (κ1) is 23.6. The van der Waals surface area contributed by atoms with Crippen LogP contribution in [-0.2, 0) is 16.1 Å². The molecule has 0 saturated carbocycles. The van der Waals surface area contributed by atoms with E-state index in [0.717, 1.165) is 43.6 Å². The van der Waals surface area contributed by atoms with Gasteiger partial charge in [0.05, 0.1) is 12.6 Å². The van der Waals surface area contributed by atoms with Crippen molar-refractivity contribution < 1.29 is 9.53 Å². The van der Waals surface area contributed by atoms with Crippen LogP contribution in [0.5, 0.6) is 0 Å². The van der Waals surface area contributed by atoms with Gasteiger partial charge >= 0.3 is 0 Å². The first-order chi connectivity index (χ1) is 12.5. The van der Waals surface area contributed by atoms with Crippen LogP contribution >= 0.6 is 24.0 Å². The Morgan fingerprint density at radius 2 is 2.15 bits per heavy atom. The first-order valence-corrected chi connectivity index (χ1v) is 9.12. The number of hydrogen-bond donors (Lipinski definition) is 2. The molecule has 0 aliphatic carbocycles. The maximum atomic E-state index is 12.2. The molecule has 0 radical (unpaired) electrons. The molecule has 1 aliphatic rings. The molecule has 8 heteroatoms. The number of likely N-dealkylation sites (N-methyl/N-ethyl adjacent to an activating group) is 1. The minimum absolute atomic E-state index is 0. The van der Waals surface area contributed by atoms with Gasteiger partial charge in [0.2, 0.25) is 5.91 Å². The van der Waals surface area contributed by atoms with Crippen LogP contribution in [0.3, 0.4) is 0 Å². The van der Waals surface area contributed by atoms with E-state index in [9.17, 15) is 4.79 Å². The highest BCUT2D eigenvalue weighted by atomic mass is 127. The number of hydrogen-bond acceptors (Lipinski definition) is 4. The van der Waals surface area contributed by atoms with Crippen molar-refractivity contribution in [3.8, 4) is 0 Å². The minimum atomic E-state index is 0. The van der Waals surface area contributed by atoms with Crippen molar-refractivity contribution in [2.45, 2.75) is 31.9 Å². The lowest BCUT2D eigenvalue weighted by molar-refractivity contribution is -0.133. The number of carbonyl (C=O) groups excluding carboxylic acids is 1. The molecule has 1 amide bonds. The van der Waals surface area contributed by atoms with Gasteiger partial charge in [0.1, 0.15) is 0 Å². The largest absolute Gasteiger partial charge is 0.380 e. The summed E-state index contributed by atoms with van der Waals surface area (Å²) in [5.74, 6) is 0.595. The number of para-hydroxylation sites is 1. The Morgan fingerprint density at radius 3 is 2.85 bits per heavy atom. The highest BCUT2D eigenvalue weighted by molar-refractivity contribution is 14.0. The second kappa shape index (κ2) is 12.1. The van der Waals surface area contributed by atoms with Crippen molar-refractivity contribution in [2.75, 3.05) is 46.2 Å². The van der Waals surface area contributed by atoms with Crippen LogP contribution in [0.1, 0.15) is 24.8 Å². The predicted molar refractivity (Wildman–Crippen MR) is 121 cm³/mol. The van der Waals surface area contributed by atoms with Gasteiger partial charge in [-0.25, -0.2) is 0 Å². The minimum Gasteiger partial charge on any atom is -0.380 e. The summed E-state index contributed by atoms with van der Waals surface area (Å²) < 4.78 is 5.19. The molecule has 1 fully saturated rings. The van der Waals surface area contributed by atoms with E-state index in [1.165, 1.54) is 0 Å². The molecule has 0 spiro atoms. The molecular formula is C19H32IN5O2. The summed E-state index contributed by atoms with van der Waals surface area (Å²) in [5, 5.41) is 3.14. The summed E-state index contributed by atoms with van der Waals surface area (Å²) in [6, 6.07) is 7.89. The van der Waals surface area contributed by atoms with Crippen LogP contribution in [0, 0.1) is 0 Å². The summed E-state index contributed by atoms with van der Waals surface area (Å²) in [5.41, 5.74) is 7.95. The van der Waals surface area contributed by atoms with Gasteiger partial charge in [-0.3, -0.25) is 14.7 Å². The van der Waals surface area contributed by atoms with Gasteiger partial charge < -0.3 is 20.7 Å². The standard InChI is InChI=1S/C19H31N5O2.HI/c1-23(2)18(25)17-10-6-12-24(17)13-7-11-21-19(20)22-16-9-5-4-8-15(16)14-26-3;/h4-5,8-9,17H,6-7,10-14H2,1-3H3,(H3,20,21,22);1H. The van der Waals surface area contributed by atoms with Gasteiger partial charge in [-0.2, -0.15) is 0 Å². The number of rotatable bonds is 8. The Bertz CT molecular complexity index is 624. The Kier molecular flexibility index (Phi) is 10.6. The third kappa shape index (κ3) is 7.27. The smallest absolute Gasteiger partial charge is 0.239 e. The van der Waals surface area contributed by atoms with E-state index in [0.29, 0.717) is 19.1 Å². The van der Waals surface area contributed by atoms with E-state index in [1.807, 2.05) is 38.4 Å². The van der Waals surface area contributed by atoms with E-state index in [1.54, 1.807) is 12.0 Å². The molecule has 1 heterocycles. The monoisotopic (exact) mass is 489 g/mol. The Labute approximate surface area is 179 Å². The van der Waals surface area contributed by atoms with Gasteiger partial charge in [0.15, 0.2) is 5.96 Å².